The van der Waals surface area contributed by atoms with Crippen LogP contribution in [-0.4, -0.2) is 11.6 Å². The van der Waals surface area contributed by atoms with Crippen molar-refractivity contribution in [3.05, 3.63) is 72.6 Å². The van der Waals surface area contributed by atoms with Gasteiger partial charge < -0.3 is 4.74 Å². The molecule has 0 atom stereocenters. The Balaban J connectivity index is 1.58. The van der Waals surface area contributed by atoms with Gasteiger partial charge in [-0.3, -0.25) is 0 Å². The molecule has 0 N–H and O–H groups in total. The monoisotopic (exact) mass is 381 g/mol. The van der Waals surface area contributed by atoms with Crippen molar-refractivity contribution in [2.24, 2.45) is 0 Å². The zero-order valence-corrected chi connectivity index (χ0v) is 16.1. The fourth-order valence-electron chi connectivity index (χ4n) is 3.07. The molecule has 0 aliphatic carbocycles. The number of aromatic nitrogens is 1. The van der Waals surface area contributed by atoms with Crippen LogP contribution in [0, 0.1) is 11.8 Å². The van der Waals surface area contributed by atoms with Gasteiger partial charge in [-0.25, -0.2) is 9.37 Å². The zero-order valence-electron chi connectivity index (χ0n) is 16.1. The SMILES string of the molecule is CCCCCCCOc1ccc(-c2ccc(-c3cnc(F)c(F)c3)cc2)cc1. The van der Waals surface area contributed by atoms with Crippen LogP contribution < -0.4 is 4.74 Å². The average molecular weight is 381 g/mol. The number of benzene rings is 2. The third-order valence-electron chi connectivity index (χ3n) is 4.72. The summed E-state index contributed by atoms with van der Waals surface area (Å²) in [5.74, 6) is -1.14. The number of ether oxygens (including phenoxy) is 1. The molecule has 2 nitrogen and oxygen atoms in total. The first-order valence-electron chi connectivity index (χ1n) is 9.82. The molecule has 28 heavy (non-hydrogen) atoms. The van der Waals surface area contributed by atoms with E-state index in [9.17, 15) is 8.78 Å². The summed E-state index contributed by atoms with van der Waals surface area (Å²) in [5.41, 5.74) is 3.46. The molecule has 0 amide bonds. The van der Waals surface area contributed by atoms with E-state index < -0.39 is 11.8 Å². The highest BCUT2D eigenvalue weighted by Crippen LogP contribution is 2.26. The molecule has 1 aromatic heterocycles. The Hall–Kier alpha value is -2.75. The first-order valence-corrected chi connectivity index (χ1v) is 9.82. The lowest BCUT2D eigenvalue weighted by Gasteiger charge is -2.08. The van der Waals surface area contributed by atoms with Gasteiger partial charge in [-0.1, -0.05) is 69.0 Å². The molecule has 3 aromatic rings. The summed E-state index contributed by atoms with van der Waals surface area (Å²) in [5, 5.41) is 0. The molecule has 0 saturated carbocycles. The fraction of sp³-hybridized carbons (Fsp3) is 0.292. The van der Waals surface area contributed by atoms with E-state index >= 15 is 0 Å². The average Bonchev–Trinajstić information content (AvgIpc) is 2.73. The maximum absolute atomic E-state index is 13.4. The molecule has 0 fully saturated rings. The number of hydrogen-bond donors (Lipinski definition) is 0. The second-order valence-corrected chi connectivity index (χ2v) is 6.86. The highest BCUT2D eigenvalue weighted by Gasteiger charge is 2.06. The quantitative estimate of drug-likeness (QED) is 0.293. The molecule has 1 heterocycles. The number of halogens is 2. The van der Waals surface area contributed by atoms with Crippen molar-refractivity contribution >= 4 is 0 Å². The van der Waals surface area contributed by atoms with E-state index in [1.54, 1.807) is 0 Å². The summed E-state index contributed by atoms with van der Waals surface area (Å²) in [7, 11) is 0. The van der Waals surface area contributed by atoms with E-state index in [-0.39, 0.29) is 0 Å². The van der Waals surface area contributed by atoms with E-state index in [2.05, 4.69) is 11.9 Å². The molecule has 0 aliphatic heterocycles. The van der Waals surface area contributed by atoms with E-state index in [4.69, 9.17) is 4.74 Å². The van der Waals surface area contributed by atoms with Crippen molar-refractivity contribution in [2.75, 3.05) is 6.61 Å². The smallest absolute Gasteiger partial charge is 0.248 e. The summed E-state index contributed by atoms with van der Waals surface area (Å²) in [6.45, 7) is 2.96. The Morgan fingerprint density at radius 3 is 1.93 bits per heavy atom. The van der Waals surface area contributed by atoms with E-state index in [0.717, 1.165) is 41.5 Å². The predicted octanol–water partition coefficient (Wildman–Crippen LogP) is 7.04. The van der Waals surface area contributed by atoms with Gasteiger partial charge in [0.05, 0.1) is 6.61 Å². The minimum absolute atomic E-state index is 0.549. The summed E-state index contributed by atoms with van der Waals surface area (Å²) in [6, 6.07) is 16.9. The molecule has 0 radical (unpaired) electrons. The number of hydrogen-bond acceptors (Lipinski definition) is 2. The van der Waals surface area contributed by atoms with Gasteiger partial charge in [-0.15, -0.1) is 0 Å². The van der Waals surface area contributed by atoms with Crippen LogP contribution in [0.3, 0.4) is 0 Å². The molecule has 0 bridgehead atoms. The molecule has 0 unspecified atom stereocenters. The predicted molar refractivity (Wildman–Crippen MR) is 109 cm³/mol. The normalized spacial score (nSPS) is 10.8. The molecule has 0 spiro atoms. The van der Waals surface area contributed by atoms with Crippen LogP contribution >= 0.6 is 0 Å². The van der Waals surface area contributed by atoms with Crippen LogP contribution in [0.25, 0.3) is 22.3 Å². The van der Waals surface area contributed by atoms with Gasteiger partial charge in [0.1, 0.15) is 5.75 Å². The van der Waals surface area contributed by atoms with Crippen molar-refractivity contribution in [2.45, 2.75) is 39.0 Å². The minimum Gasteiger partial charge on any atom is -0.494 e. The Morgan fingerprint density at radius 1 is 0.750 bits per heavy atom. The van der Waals surface area contributed by atoms with E-state index in [1.165, 1.54) is 31.9 Å². The van der Waals surface area contributed by atoms with Crippen LogP contribution in [0.4, 0.5) is 8.78 Å². The summed E-state index contributed by atoms with van der Waals surface area (Å²) in [6.07, 6.45) is 7.45. The third kappa shape index (κ3) is 5.38. The van der Waals surface area contributed by atoms with Crippen molar-refractivity contribution in [3.63, 3.8) is 0 Å². The Kier molecular flexibility index (Phi) is 7.12. The molecule has 4 heteroatoms. The minimum atomic E-state index is -1.08. The van der Waals surface area contributed by atoms with Crippen molar-refractivity contribution in [1.29, 1.82) is 0 Å². The van der Waals surface area contributed by atoms with Crippen LogP contribution in [0.15, 0.2) is 60.8 Å². The molecule has 0 aliphatic rings. The topological polar surface area (TPSA) is 22.1 Å². The lowest BCUT2D eigenvalue weighted by molar-refractivity contribution is 0.304. The number of unbranched alkanes of at least 4 members (excludes halogenated alkanes) is 4. The number of rotatable bonds is 9. The standard InChI is InChI=1S/C24H25F2NO/c1-2-3-4-5-6-15-28-22-13-11-19(12-14-22)18-7-9-20(10-8-18)21-16-23(25)24(26)27-17-21/h7-14,16-17H,2-6,15H2,1H3. The van der Waals surface area contributed by atoms with Gasteiger partial charge in [-0.2, -0.15) is 4.39 Å². The maximum atomic E-state index is 13.4. The van der Waals surface area contributed by atoms with E-state index in [1.807, 2.05) is 48.5 Å². The Morgan fingerprint density at radius 2 is 1.32 bits per heavy atom. The van der Waals surface area contributed by atoms with Crippen LogP contribution in [0.2, 0.25) is 0 Å². The third-order valence-corrected chi connectivity index (χ3v) is 4.72. The molecule has 2 aromatic carbocycles. The lowest BCUT2D eigenvalue weighted by Crippen LogP contribution is -1.97. The Bertz CT molecular complexity index is 876. The second-order valence-electron chi connectivity index (χ2n) is 6.86. The zero-order chi connectivity index (χ0) is 19.8. The molecule has 3 rings (SSSR count). The first kappa shape index (κ1) is 20.0. The van der Waals surface area contributed by atoms with Gasteiger partial charge >= 0.3 is 0 Å². The van der Waals surface area contributed by atoms with Crippen LogP contribution in [0.1, 0.15) is 39.0 Å². The van der Waals surface area contributed by atoms with Crippen molar-refractivity contribution in [3.8, 4) is 28.0 Å². The summed E-state index contributed by atoms with van der Waals surface area (Å²) >= 11 is 0. The van der Waals surface area contributed by atoms with Gasteiger partial charge in [0.2, 0.25) is 5.95 Å². The molecular formula is C24H25F2NO. The van der Waals surface area contributed by atoms with E-state index in [0.29, 0.717) is 5.56 Å². The molecule has 0 saturated heterocycles. The lowest BCUT2D eigenvalue weighted by atomic mass is 10.0. The molecular weight excluding hydrogens is 356 g/mol. The Labute approximate surface area is 165 Å². The van der Waals surface area contributed by atoms with Gasteiger partial charge in [0.15, 0.2) is 5.82 Å². The van der Waals surface area contributed by atoms with Gasteiger partial charge in [-0.05, 0) is 41.3 Å². The van der Waals surface area contributed by atoms with Crippen LogP contribution in [0.5, 0.6) is 5.75 Å². The summed E-state index contributed by atoms with van der Waals surface area (Å²) < 4.78 is 32.1. The fourth-order valence-corrected chi connectivity index (χ4v) is 3.07. The van der Waals surface area contributed by atoms with Gasteiger partial charge in [0.25, 0.3) is 0 Å². The van der Waals surface area contributed by atoms with Crippen molar-refractivity contribution < 1.29 is 13.5 Å². The summed E-state index contributed by atoms with van der Waals surface area (Å²) in [4.78, 5) is 3.43. The van der Waals surface area contributed by atoms with Crippen LogP contribution in [-0.2, 0) is 0 Å². The second kappa shape index (κ2) is 9.98. The van der Waals surface area contributed by atoms with Crippen molar-refractivity contribution in [1.82, 2.24) is 4.98 Å². The number of nitrogens with zero attached hydrogens (tertiary/aromatic N) is 1. The first-order chi connectivity index (χ1) is 13.7. The highest BCUT2D eigenvalue weighted by molar-refractivity contribution is 5.70. The maximum Gasteiger partial charge on any atom is 0.248 e. The number of pyridine rings is 1. The van der Waals surface area contributed by atoms with Gasteiger partial charge in [0, 0.05) is 11.8 Å². The highest BCUT2D eigenvalue weighted by atomic mass is 19.2. The largest absolute Gasteiger partial charge is 0.494 e. The molecule has 146 valence electrons.